The van der Waals surface area contributed by atoms with Gasteiger partial charge in [0.15, 0.2) is 0 Å². The van der Waals surface area contributed by atoms with Crippen molar-refractivity contribution < 1.29 is 19.4 Å². The van der Waals surface area contributed by atoms with Crippen LogP contribution < -0.4 is 4.74 Å². The minimum absolute atomic E-state index is 0.0202. The van der Waals surface area contributed by atoms with Crippen LogP contribution in [-0.2, 0) is 16.1 Å². The molecule has 2 aromatic carbocycles. The van der Waals surface area contributed by atoms with E-state index in [-0.39, 0.29) is 12.6 Å². The lowest BCUT2D eigenvalue weighted by atomic mass is 10.1. The normalized spacial score (nSPS) is 17.8. The molecule has 6 heteroatoms. The fraction of sp³-hybridized carbons (Fsp3) is 0.381. The van der Waals surface area contributed by atoms with E-state index in [0.717, 1.165) is 31.1 Å². The van der Waals surface area contributed by atoms with Gasteiger partial charge in [0.1, 0.15) is 11.5 Å². The summed E-state index contributed by atoms with van der Waals surface area (Å²) in [7, 11) is 1.81. The maximum absolute atomic E-state index is 10.8. The molecule has 2 aromatic rings. The second-order valence-electron chi connectivity index (χ2n) is 6.88. The van der Waals surface area contributed by atoms with Crippen molar-refractivity contribution in [3.63, 3.8) is 0 Å². The number of carbonyl (C=O) groups is 1. The molecule has 144 valence electrons. The van der Waals surface area contributed by atoms with E-state index >= 15 is 0 Å². The topological polar surface area (TPSA) is 62.2 Å². The molecule has 6 nitrogen and oxygen atoms in total. The lowest BCUT2D eigenvalue weighted by Gasteiger charge is -2.34. The maximum Gasteiger partial charge on any atom is 0.317 e. The monoisotopic (exact) mass is 370 g/mol. The highest BCUT2D eigenvalue weighted by molar-refractivity contribution is 5.69. The van der Waals surface area contributed by atoms with Gasteiger partial charge in [-0.25, -0.2) is 0 Å². The molecule has 0 spiro atoms. The van der Waals surface area contributed by atoms with Gasteiger partial charge in [0, 0.05) is 26.2 Å². The van der Waals surface area contributed by atoms with E-state index in [2.05, 4.69) is 17.0 Å². The maximum atomic E-state index is 10.8. The Morgan fingerprint density at radius 1 is 1.22 bits per heavy atom. The summed E-state index contributed by atoms with van der Waals surface area (Å²) >= 11 is 0. The molecule has 3 rings (SSSR count). The summed E-state index contributed by atoms with van der Waals surface area (Å²) in [5, 5.41) is 8.89. The predicted octanol–water partition coefficient (Wildman–Crippen LogP) is 2.70. The Bertz CT molecular complexity index is 738. The predicted molar refractivity (Wildman–Crippen MR) is 103 cm³/mol. The van der Waals surface area contributed by atoms with Crippen molar-refractivity contribution in [2.24, 2.45) is 0 Å². The van der Waals surface area contributed by atoms with E-state index in [4.69, 9.17) is 14.6 Å². The second kappa shape index (κ2) is 9.50. The first-order valence-electron chi connectivity index (χ1n) is 9.14. The van der Waals surface area contributed by atoms with Gasteiger partial charge in [-0.1, -0.05) is 30.3 Å². The number of rotatable bonds is 8. The molecule has 0 saturated carbocycles. The van der Waals surface area contributed by atoms with Gasteiger partial charge in [0.05, 0.1) is 19.3 Å². The van der Waals surface area contributed by atoms with Gasteiger partial charge in [-0.15, -0.1) is 0 Å². The molecule has 1 atom stereocenters. The summed E-state index contributed by atoms with van der Waals surface area (Å²) < 4.78 is 11.7. The molecule has 1 aliphatic rings. The molecule has 0 bridgehead atoms. The van der Waals surface area contributed by atoms with Crippen LogP contribution in [-0.4, -0.2) is 66.8 Å². The molecule has 1 aliphatic heterocycles. The highest BCUT2D eigenvalue weighted by atomic mass is 16.5. The quantitative estimate of drug-likeness (QED) is 0.771. The zero-order valence-corrected chi connectivity index (χ0v) is 15.6. The number of carboxylic acids is 1. The smallest absolute Gasteiger partial charge is 0.317 e. The standard InChI is InChI=1S/C21H26N2O4/c1-22(16-21(24)25)14-20-15-23(10-11-26-20)13-17-6-5-9-19(12-17)27-18-7-3-2-4-8-18/h2-9,12,20H,10-11,13-16H2,1H3,(H,24,25). The Kier molecular flexibility index (Phi) is 6.81. The van der Waals surface area contributed by atoms with Crippen molar-refractivity contribution in [2.45, 2.75) is 12.6 Å². The molecule has 1 heterocycles. The average Bonchev–Trinajstić information content (AvgIpc) is 2.62. The lowest BCUT2D eigenvalue weighted by Crippen LogP contribution is -2.47. The van der Waals surface area contributed by atoms with E-state index in [1.807, 2.05) is 42.5 Å². The summed E-state index contributed by atoms with van der Waals surface area (Å²) in [5.41, 5.74) is 1.18. The molecular formula is C21H26N2O4. The first kappa shape index (κ1) is 19.4. The molecule has 1 fully saturated rings. The summed E-state index contributed by atoms with van der Waals surface area (Å²) in [6, 6.07) is 17.9. The summed E-state index contributed by atoms with van der Waals surface area (Å²) in [6.45, 7) is 3.76. The zero-order chi connectivity index (χ0) is 19.1. The molecular weight excluding hydrogens is 344 g/mol. The van der Waals surface area contributed by atoms with Crippen LogP contribution in [0.2, 0.25) is 0 Å². The number of nitrogens with zero attached hydrogens (tertiary/aromatic N) is 2. The van der Waals surface area contributed by atoms with Crippen LogP contribution in [0.1, 0.15) is 5.56 Å². The Morgan fingerprint density at radius 2 is 2.00 bits per heavy atom. The number of ether oxygens (including phenoxy) is 2. The lowest BCUT2D eigenvalue weighted by molar-refractivity contribution is -0.138. The van der Waals surface area contributed by atoms with Gasteiger partial charge in [0.2, 0.25) is 0 Å². The third-order valence-electron chi connectivity index (χ3n) is 4.43. The number of benzene rings is 2. The minimum atomic E-state index is -0.819. The van der Waals surface area contributed by atoms with Gasteiger partial charge < -0.3 is 14.6 Å². The first-order valence-corrected chi connectivity index (χ1v) is 9.14. The molecule has 0 amide bonds. The molecule has 0 aliphatic carbocycles. The Hall–Kier alpha value is -2.41. The second-order valence-corrected chi connectivity index (χ2v) is 6.88. The van der Waals surface area contributed by atoms with Gasteiger partial charge in [-0.3, -0.25) is 14.6 Å². The summed E-state index contributed by atoms with van der Waals surface area (Å²) in [6.07, 6.45) is 0.0202. The largest absolute Gasteiger partial charge is 0.480 e. The van der Waals surface area contributed by atoms with Gasteiger partial charge in [-0.05, 0) is 36.9 Å². The number of hydrogen-bond donors (Lipinski definition) is 1. The Morgan fingerprint density at radius 3 is 2.78 bits per heavy atom. The average molecular weight is 370 g/mol. The van der Waals surface area contributed by atoms with Gasteiger partial charge in [-0.2, -0.15) is 0 Å². The number of hydrogen-bond acceptors (Lipinski definition) is 5. The number of para-hydroxylation sites is 1. The van der Waals surface area contributed by atoms with Crippen molar-refractivity contribution in [1.82, 2.24) is 9.80 Å². The first-order chi connectivity index (χ1) is 13.1. The van der Waals surface area contributed by atoms with Crippen LogP contribution in [0, 0.1) is 0 Å². The SMILES string of the molecule is CN(CC(=O)O)CC1CN(Cc2cccc(Oc3ccccc3)c2)CCO1. The van der Waals surface area contributed by atoms with Crippen LogP contribution in [0.25, 0.3) is 0 Å². The van der Waals surface area contributed by atoms with Crippen LogP contribution in [0.3, 0.4) is 0 Å². The molecule has 1 unspecified atom stereocenters. The van der Waals surface area contributed by atoms with Gasteiger partial charge in [0.25, 0.3) is 0 Å². The van der Waals surface area contributed by atoms with E-state index in [1.165, 1.54) is 5.56 Å². The fourth-order valence-electron chi connectivity index (χ4n) is 3.27. The molecule has 0 radical (unpaired) electrons. The van der Waals surface area contributed by atoms with E-state index in [0.29, 0.717) is 13.2 Å². The molecule has 0 aromatic heterocycles. The van der Waals surface area contributed by atoms with Crippen molar-refractivity contribution in [2.75, 3.05) is 39.8 Å². The van der Waals surface area contributed by atoms with Crippen LogP contribution >= 0.6 is 0 Å². The van der Waals surface area contributed by atoms with Crippen molar-refractivity contribution >= 4 is 5.97 Å². The van der Waals surface area contributed by atoms with Crippen molar-refractivity contribution in [3.8, 4) is 11.5 Å². The molecule has 27 heavy (non-hydrogen) atoms. The third kappa shape index (κ3) is 6.36. The van der Waals surface area contributed by atoms with E-state index < -0.39 is 5.97 Å². The molecule has 1 saturated heterocycles. The van der Waals surface area contributed by atoms with Crippen molar-refractivity contribution in [3.05, 3.63) is 60.2 Å². The Labute approximate surface area is 159 Å². The third-order valence-corrected chi connectivity index (χ3v) is 4.43. The summed E-state index contributed by atoms with van der Waals surface area (Å²) in [5.74, 6) is 0.827. The van der Waals surface area contributed by atoms with Crippen LogP contribution in [0.5, 0.6) is 11.5 Å². The highest BCUT2D eigenvalue weighted by Crippen LogP contribution is 2.22. The number of likely N-dealkylation sites (N-methyl/N-ethyl adjacent to an activating group) is 1. The number of carboxylic acid groups (broad SMARTS) is 1. The van der Waals surface area contributed by atoms with E-state index in [9.17, 15) is 4.79 Å². The zero-order valence-electron chi connectivity index (χ0n) is 15.6. The van der Waals surface area contributed by atoms with Crippen molar-refractivity contribution in [1.29, 1.82) is 0 Å². The van der Waals surface area contributed by atoms with Gasteiger partial charge >= 0.3 is 5.97 Å². The molecule has 1 N–H and O–H groups in total. The highest BCUT2D eigenvalue weighted by Gasteiger charge is 2.22. The summed E-state index contributed by atoms with van der Waals surface area (Å²) in [4.78, 5) is 14.9. The Balaban J connectivity index is 1.55. The number of morpholine rings is 1. The van der Waals surface area contributed by atoms with Crippen LogP contribution in [0.4, 0.5) is 0 Å². The number of aliphatic carboxylic acids is 1. The fourth-order valence-corrected chi connectivity index (χ4v) is 3.27. The minimum Gasteiger partial charge on any atom is -0.480 e. The van der Waals surface area contributed by atoms with Crippen LogP contribution in [0.15, 0.2) is 54.6 Å². The van der Waals surface area contributed by atoms with E-state index in [1.54, 1.807) is 11.9 Å².